The zero-order chi connectivity index (χ0) is 12.7. The van der Waals surface area contributed by atoms with Crippen LogP contribution in [0.5, 0.6) is 0 Å². The van der Waals surface area contributed by atoms with Crippen LogP contribution >= 0.6 is 15.9 Å². The molecule has 0 radical (unpaired) electrons. The fourth-order valence-corrected chi connectivity index (χ4v) is 3.52. The second-order valence-electron chi connectivity index (χ2n) is 5.36. The number of nitrogens with two attached hydrogens (primary N) is 1. The Morgan fingerprint density at radius 3 is 3.06 bits per heavy atom. The maximum atomic E-state index is 6.10. The second-order valence-corrected chi connectivity index (χ2v) is 6.27. The molecule has 2 fully saturated rings. The minimum absolute atomic E-state index is 0.482. The molecule has 1 aromatic rings. The zero-order valence-corrected chi connectivity index (χ0v) is 12.2. The third kappa shape index (κ3) is 2.10. The van der Waals surface area contributed by atoms with E-state index in [1.54, 1.807) is 0 Å². The van der Waals surface area contributed by atoms with Gasteiger partial charge in [0.15, 0.2) is 5.82 Å². The number of rotatable bonds is 1. The molecule has 3 rings (SSSR count). The Morgan fingerprint density at radius 2 is 2.28 bits per heavy atom. The third-order valence-electron chi connectivity index (χ3n) is 4.07. The average molecular weight is 311 g/mol. The molecular formula is C13H19BrN4. The fourth-order valence-electron chi connectivity index (χ4n) is 3.17. The minimum atomic E-state index is 0.482. The highest BCUT2D eigenvalue weighted by Crippen LogP contribution is 2.31. The molecule has 2 N–H and O–H groups in total. The van der Waals surface area contributed by atoms with Crippen molar-refractivity contribution < 1.29 is 0 Å². The van der Waals surface area contributed by atoms with Crippen molar-refractivity contribution in [2.45, 2.75) is 31.8 Å². The van der Waals surface area contributed by atoms with Crippen LogP contribution in [0.3, 0.4) is 0 Å². The second kappa shape index (κ2) is 4.70. The van der Waals surface area contributed by atoms with E-state index >= 15 is 0 Å². The van der Waals surface area contributed by atoms with Gasteiger partial charge in [-0.15, -0.1) is 0 Å². The van der Waals surface area contributed by atoms with Gasteiger partial charge >= 0.3 is 0 Å². The van der Waals surface area contributed by atoms with Gasteiger partial charge in [0.1, 0.15) is 0 Å². The van der Waals surface area contributed by atoms with Crippen molar-refractivity contribution in [2.75, 3.05) is 30.3 Å². The van der Waals surface area contributed by atoms with Crippen molar-refractivity contribution >= 4 is 27.4 Å². The maximum Gasteiger partial charge on any atom is 0.152 e. The van der Waals surface area contributed by atoms with Crippen LogP contribution in [0, 0.1) is 0 Å². The molecule has 0 saturated carbocycles. The Hall–Kier alpha value is -0.810. The number of aromatic nitrogens is 1. The van der Waals surface area contributed by atoms with Crippen LogP contribution < -0.4 is 10.6 Å². The van der Waals surface area contributed by atoms with Crippen LogP contribution in [0.1, 0.15) is 19.8 Å². The predicted molar refractivity (Wildman–Crippen MR) is 77.8 cm³/mol. The standard InChI is InChI=1S/C13H19BrN4/c1-9-7-17-4-2-3-11(17)8-18(9)13-12(15)5-10(14)6-16-13/h5-6,9,11H,2-4,7-8,15H2,1H3. The number of fused-ring (bicyclic) bond motifs is 1. The first-order valence-electron chi connectivity index (χ1n) is 6.57. The predicted octanol–water partition coefficient (Wildman–Crippen LogP) is 2.10. The molecule has 2 aliphatic rings. The number of nitrogens with zero attached hydrogens (tertiary/aromatic N) is 3. The first-order chi connectivity index (χ1) is 8.65. The highest BCUT2D eigenvalue weighted by atomic mass is 79.9. The first kappa shape index (κ1) is 12.2. The molecule has 0 amide bonds. The molecule has 98 valence electrons. The molecule has 2 aliphatic heterocycles. The molecule has 2 atom stereocenters. The monoisotopic (exact) mass is 310 g/mol. The normalized spacial score (nSPS) is 28.4. The van der Waals surface area contributed by atoms with E-state index in [0.717, 1.165) is 29.1 Å². The fraction of sp³-hybridized carbons (Fsp3) is 0.615. The van der Waals surface area contributed by atoms with Gasteiger partial charge in [0.2, 0.25) is 0 Å². The van der Waals surface area contributed by atoms with E-state index in [9.17, 15) is 0 Å². The van der Waals surface area contributed by atoms with Gasteiger partial charge in [-0.25, -0.2) is 4.98 Å². The molecule has 0 aromatic carbocycles. The number of pyridine rings is 1. The Kier molecular flexibility index (Phi) is 3.20. The Morgan fingerprint density at radius 1 is 1.44 bits per heavy atom. The van der Waals surface area contributed by atoms with Crippen LogP contribution in [-0.4, -0.2) is 41.6 Å². The van der Waals surface area contributed by atoms with Crippen molar-refractivity contribution in [3.8, 4) is 0 Å². The number of hydrogen-bond acceptors (Lipinski definition) is 4. The molecule has 18 heavy (non-hydrogen) atoms. The summed E-state index contributed by atoms with van der Waals surface area (Å²) in [5.74, 6) is 0.942. The number of nitrogen functional groups attached to an aromatic ring is 1. The molecule has 5 heteroatoms. The number of hydrogen-bond donors (Lipinski definition) is 1. The Balaban J connectivity index is 1.86. The minimum Gasteiger partial charge on any atom is -0.396 e. The van der Waals surface area contributed by atoms with Crippen molar-refractivity contribution in [1.29, 1.82) is 0 Å². The SMILES string of the molecule is CC1CN2CCCC2CN1c1ncc(Br)cc1N. The van der Waals surface area contributed by atoms with Gasteiger partial charge in [0.05, 0.1) is 5.69 Å². The largest absolute Gasteiger partial charge is 0.396 e. The summed E-state index contributed by atoms with van der Waals surface area (Å²) in [6.45, 7) is 5.70. The lowest BCUT2D eigenvalue weighted by molar-refractivity contribution is 0.202. The van der Waals surface area contributed by atoms with Crippen molar-refractivity contribution in [2.24, 2.45) is 0 Å². The zero-order valence-electron chi connectivity index (χ0n) is 10.6. The molecule has 0 bridgehead atoms. The summed E-state index contributed by atoms with van der Waals surface area (Å²) in [5, 5.41) is 0. The summed E-state index contributed by atoms with van der Waals surface area (Å²) in [6, 6.07) is 3.11. The molecule has 2 unspecified atom stereocenters. The van der Waals surface area contributed by atoms with Crippen LogP contribution in [0.2, 0.25) is 0 Å². The summed E-state index contributed by atoms with van der Waals surface area (Å²) in [7, 11) is 0. The number of halogens is 1. The molecule has 0 spiro atoms. The summed E-state index contributed by atoms with van der Waals surface area (Å²) >= 11 is 3.41. The lowest BCUT2D eigenvalue weighted by Crippen LogP contribution is -2.55. The van der Waals surface area contributed by atoms with Gasteiger partial charge in [-0.3, -0.25) is 4.90 Å². The van der Waals surface area contributed by atoms with Crippen LogP contribution in [-0.2, 0) is 0 Å². The topological polar surface area (TPSA) is 45.4 Å². The number of piperazine rings is 1. The Bertz CT molecular complexity index is 451. The average Bonchev–Trinajstić information content (AvgIpc) is 2.75. The third-order valence-corrected chi connectivity index (χ3v) is 4.50. The number of anilines is 2. The van der Waals surface area contributed by atoms with E-state index < -0.39 is 0 Å². The lowest BCUT2D eigenvalue weighted by Gasteiger charge is -2.43. The highest BCUT2D eigenvalue weighted by Gasteiger charge is 2.35. The van der Waals surface area contributed by atoms with Crippen molar-refractivity contribution in [3.63, 3.8) is 0 Å². The highest BCUT2D eigenvalue weighted by molar-refractivity contribution is 9.10. The van der Waals surface area contributed by atoms with Crippen LogP contribution in [0.4, 0.5) is 11.5 Å². The van der Waals surface area contributed by atoms with E-state index in [4.69, 9.17) is 5.73 Å². The molecule has 0 aliphatic carbocycles. The lowest BCUT2D eigenvalue weighted by atomic mass is 10.1. The van der Waals surface area contributed by atoms with Gasteiger partial charge in [0, 0.05) is 35.8 Å². The van der Waals surface area contributed by atoms with E-state index in [0.29, 0.717) is 12.1 Å². The summed E-state index contributed by atoms with van der Waals surface area (Å²) in [5.41, 5.74) is 6.87. The van der Waals surface area contributed by atoms with Crippen molar-refractivity contribution in [3.05, 3.63) is 16.7 Å². The van der Waals surface area contributed by atoms with Crippen LogP contribution in [0.25, 0.3) is 0 Å². The van der Waals surface area contributed by atoms with Crippen molar-refractivity contribution in [1.82, 2.24) is 9.88 Å². The summed E-state index contributed by atoms with van der Waals surface area (Å²) in [6.07, 6.45) is 4.47. The van der Waals surface area contributed by atoms with E-state index in [-0.39, 0.29) is 0 Å². The summed E-state index contributed by atoms with van der Waals surface area (Å²) < 4.78 is 0.941. The molecule has 4 nitrogen and oxygen atoms in total. The van der Waals surface area contributed by atoms with Gasteiger partial charge < -0.3 is 10.6 Å². The van der Waals surface area contributed by atoms with Gasteiger partial charge in [-0.2, -0.15) is 0 Å². The Labute approximate surface area is 116 Å². The van der Waals surface area contributed by atoms with E-state index in [1.165, 1.54) is 19.4 Å². The molecule has 1 aromatic heterocycles. The van der Waals surface area contributed by atoms with E-state index in [2.05, 4.69) is 37.6 Å². The molecule has 2 saturated heterocycles. The maximum absolute atomic E-state index is 6.10. The quantitative estimate of drug-likeness (QED) is 0.863. The first-order valence-corrected chi connectivity index (χ1v) is 7.36. The van der Waals surface area contributed by atoms with Gasteiger partial charge in [0.25, 0.3) is 0 Å². The van der Waals surface area contributed by atoms with Crippen LogP contribution in [0.15, 0.2) is 16.7 Å². The van der Waals surface area contributed by atoms with Gasteiger partial charge in [-0.05, 0) is 48.3 Å². The molecule has 3 heterocycles. The van der Waals surface area contributed by atoms with E-state index in [1.807, 2.05) is 12.3 Å². The molecular weight excluding hydrogens is 292 g/mol. The summed E-state index contributed by atoms with van der Waals surface area (Å²) in [4.78, 5) is 9.48. The smallest absolute Gasteiger partial charge is 0.152 e. The van der Waals surface area contributed by atoms with Gasteiger partial charge in [-0.1, -0.05) is 0 Å².